The van der Waals surface area contributed by atoms with E-state index in [9.17, 15) is 4.79 Å². The summed E-state index contributed by atoms with van der Waals surface area (Å²) in [5, 5.41) is 8.82. The zero-order chi connectivity index (χ0) is 16.7. The molecule has 2 heterocycles. The van der Waals surface area contributed by atoms with Gasteiger partial charge in [0.2, 0.25) is 0 Å². The summed E-state index contributed by atoms with van der Waals surface area (Å²) >= 11 is 0. The van der Waals surface area contributed by atoms with Gasteiger partial charge in [-0.3, -0.25) is 14.5 Å². The van der Waals surface area contributed by atoms with Crippen LogP contribution in [0.5, 0.6) is 0 Å². The van der Waals surface area contributed by atoms with Crippen molar-refractivity contribution < 1.29 is 4.79 Å². The molecule has 0 spiro atoms. The Morgan fingerprint density at radius 1 is 1.12 bits per heavy atom. The lowest BCUT2D eigenvalue weighted by molar-refractivity contribution is 0.104. The Hall–Kier alpha value is -2.77. The first-order valence-corrected chi connectivity index (χ1v) is 7.93. The highest BCUT2D eigenvalue weighted by Gasteiger charge is 2.31. The first-order chi connectivity index (χ1) is 11.8. The van der Waals surface area contributed by atoms with E-state index in [1.54, 1.807) is 12.4 Å². The third-order valence-electron chi connectivity index (χ3n) is 4.27. The summed E-state index contributed by atoms with van der Waals surface area (Å²) in [5.41, 5.74) is 15.8. The predicted octanol–water partition coefficient (Wildman–Crippen LogP) is 0.972. The van der Waals surface area contributed by atoms with Crippen LogP contribution in [0.4, 0.5) is 5.69 Å². The van der Waals surface area contributed by atoms with Crippen molar-refractivity contribution in [2.45, 2.75) is 6.54 Å². The lowest BCUT2D eigenvalue weighted by Crippen LogP contribution is -2.17. The number of ketones is 1. The van der Waals surface area contributed by atoms with Gasteiger partial charge in [0.1, 0.15) is 5.69 Å². The van der Waals surface area contributed by atoms with Crippen LogP contribution in [0, 0.1) is 0 Å². The number of carbonyl (C=O) groups excluding carboxylic acids is 1. The van der Waals surface area contributed by atoms with E-state index in [4.69, 9.17) is 16.6 Å². The van der Waals surface area contributed by atoms with Gasteiger partial charge in [0.05, 0.1) is 23.2 Å². The van der Waals surface area contributed by atoms with Gasteiger partial charge in [-0.05, 0) is 18.2 Å². The molecule has 1 aliphatic carbocycles. The van der Waals surface area contributed by atoms with Gasteiger partial charge in [-0.25, -0.2) is 0 Å². The maximum Gasteiger partial charge on any atom is 0.198 e. The fourth-order valence-corrected chi connectivity index (χ4v) is 3.26. The van der Waals surface area contributed by atoms with Gasteiger partial charge in [-0.2, -0.15) is 5.10 Å². The van der Waals surface area contributed by atoms with E-state index in [2.05, 4.69) is 10.3 Å². The number of aromatic nitrogens is 3. The Balaban J connectivity index is 2.05. The van der Waals surface area contributed by atoms with E-state index < -0.39 is 0 Å². The van der Waals surface area contributed by atoms with E-state index in [-0.39, 0.29) is 5.78 Å². The van der Waals surface area contributed by atoms with E-state index >= 15 is 0 Å². The van der Waals surface area contributed by atoms with Crippen LogP contribution < -0.4 is 16.8 Å². The average molecular weight is 322 g/mol. The van der Waals surface area contributed by atoms with Crippen LogP contribution in [0.15, 0.2) is 30.6 Å². The molecular weight excluding hydrogens is 304 g/mol. The summed E-state index contributed by atoms with van der Waals surface area (Å²) in [7, 11) is 0. The van der Waals surface area contributed by atoms with E-state index in [0.717, 1.165) is 27.8 Å². The van der Waals surface area contributed by atoms with Crippen molar-refractivity contribution in [3.63, 3.8) is 0 Å². The van der Waals surface area contributed by atoms with Crippen molar-refractivity contribution in [3.8, 4) is 11.3 Å². The standard InChI is InChI=1S/C17H18N6O/c18-4-7-21-12-1-2-13-15-14(12)17(24)11-9-20-6-3-10(11)16(15)22-23(13)8-5-19/h1-3,6,9,21H,4-5,7-8,18-19H2. The second-order valence-electron chi connectivity index (χ2n) is 5.71. The molecule has 7 nitrogen and oxygen atoms in total. The summed E-state index contributed by atoms with van der Waals surface area (Å²) in [6, 6.07) is 5.72. The Labute approximate surface area is 138 Å². The molecule has 0 bridgehead atoms. The highest BCUT2D eigenvalue weighted by molar-refractivity contribution is 6.27. The molecule has 0 unspecified atom stereocenters. The maximum atomic E-state index is 13.1. The van der Waals surface area contributed by atoms with Crippen molar-refractivity contribution in [2.24, 2.45) is 11.5 Å². The molecule has 5 N–H and O–H groups in total. The second kappa shape index (κ2) is 5.70. The van der Waals surface area contributed by atoms with Gasteiger partial charge < -0.3 is 16.8 Å². The van der Waals surface area contributed by atoms with E-state index in [1.807, 2.05) is 22.9 Å². The number of rotatable bonds is 5. The summed E-state index contributed by atoms with van der Waals surface area (Å²) in [5.74, 6) is -0.0389. The van der Waals surface area contributed by atoms with E-state index in [1.165, 1.54) is 0 Å². The zero-order valence-corrected chi connectivity index (χ0v) is 13.1. The quantitative estimate of drug-likeness (QED) is 0.505. The van der Waals surface area contributed by atoms with Gasteiger partial charge in [-0.15, -0.1) is 0 Å². The maximum absolute atomic E-state index is 13.1. The zero-order valence-electron chi connectivity index (χ0n) is 13.1. The molecule has 0 saturated heterocycles. The summed E-state index contributed by atoms with van der Waals surface area (Å²) < 4.78 is 1.86. The topological polar surface area (TPSA) is 112 Å². The Bertz CT molecular complexity index is 946. The minimum absolute atomic E-state index is 0.0389. The highest BCUT2D eigenvalue weighted by Crippen LogP contribution is 2.41. The molecule has 1 aromatic carbocycles. The van der Waals surface area contributed by atoms with Crippen molar-refractivity contribution in [1.29, 1.82) is 0 Å². The van der Waals surface area contributed by atoms with Crippen molar-refractivity contribution in [2.75, 3.05) is 25.0 Å². The van der Waals surface area contributed by atoms with Crippen LogP contribution in [-0.4, -0.2) is 40.2 Å². The fourth-order valence-electron chi connectivity index (χ4n) is 3.26. The largest absolute Gasteiger partial charge is 0.383 e. The molecule has 7 heteroatoms. The molecule has 0 saturated carbocycles. The Kier molecular flexibility index (Phi) is 3.51. The van der Waals surface area contributed by atoms with Gasteiger partial charge in [-0.1, -0.05) is 0 Å². The first-order valence-electron chi connectivity index (χ1n) is 7.93. The number of pyridine rings is 1. The predicted molar refractivity (Wildman–Crippen MR) is 93.0 cm³/mol. The summed E-state index contributed by atoms with van der Waals surface area (Å²) in [6.07, 6.45) is 3.29. The minimum atomic E-state index is -0.0389. The second-order valence-corrected chi connectivity index (χ2v) is 5.71. The first kappa shape index (κ1) is 14.8. The average Bonchev–Trinajstić information content (AvgIpc) is 2.97. The number of hydrogen-bond acceptors (Lipinski definition) is 6. The van der Waals surface area contributed by atoms with Gasteiger partial charge >= 0.3 is 0 Å². The Morgan fingerprint density at radius 2 is 2.00 bits per heavy atom. The molecule has 2 aromatic heterocycles. The van der Waals surface area contributed by atoms with Crippen LogP contribution >= 0.6 is 0 Å². The summed E-state index contributed by atoms with van der Waals surface area (Å²) in [6.45, 7) is 2.16. The number of benzene rings is 1. The third-order valence-corrected chi connectivity index (χ3v) is 4.27. The number of hydrogen-bond donors (Lipinski definition) is 3. The van der Waals surface area contributed by atoms with Crippen LogP contribution in [0.1, 0.15) is 15.9 Å². The number of nitrogens with two attached hydrogens (primary N) is 2. The number of anilines is 1. The number of carbonyl (C=O) groups is 1. The monoisotopic (exact) mass is 322 g/mol. The van der Waals surface area contributed by atoms with Crippen LogP contribution in [-0.2, 0) is 6.54 Å². The molecule has 0 radical (unpaired) electrons. The molecule has 0 fully saturated rings. The van der Waals surface area contributed by atoms with Gasteiger partial charge in [0.15, 0.2) is 5.78 Å². The van der Waals surface area contributed by atoms with Gasteiger partial charge in [0, 0.05) is 48.7 Å². The van der Waals surface area contributed by atoms with Crippen LogP contribution in [0.3, 0.4) is 0 Å². The molecule has 0 amide bonds. The fraction of sp³-hybridized carbons (Fsp3) is 0.235. The lowest BCUT2D eigenvalue weighted by atomic mass is 9.87. The minimum Gasteiger partial charge on any atom is -0.383 e. The van der Waals surface area contributed by atoms with Crippen molar-refractivity contribution in [1.82, 2.24) is 14.8 Å². The molecule has 122 valence electrons. The smallest absolute Gasteiger partial charge is 0.198 e. The van der Waals surface area contributed by atoms with Gasteiger partial charge in [0.25, 0.3) is 0 Å². The number of nitrogens with zero attached hydrogens (tertiary/aromatic N) is 3. The lowest BCUT2D eigenvalue weighted by Gasteiger charge is -2.18. The molecule has 24 heavy (non-hydrogen) atoms. The molecule has 3 aromatic rings. The molecule has 0 atom stereocenters. The third kappa shape index (κ3) is 2.02. The normalized spacial score (nSPS) is 12.5. The SMILES string of the molecule is NCCNc1ccc2c3c(nn2CCN)-c2ccncc2C(=O)c13. The highest BCUT2D eigenvalue weighted by atomic mass is 16.1. The van der Waals surface area contributed by atoms with E-state index in [0.29, 0.717) is 37.3 Å². The molecular formula is C17H18N6O. The van der Waals surface area contributed by atoms with Crippen LogP contribution in [0.2, 0.25) is 0 Å². The number of nitrogens with one attached hydrogen (secondary N) is 1. The molecule has 1 aliphatic rings. The van der Waals surface area contributed by atoms with Crippen molar-refractivity contribution in [3.05, 3.63) is 41.7 Å². The van der Waals surface area contributed by atoms with Crippen molar-refractivity contribution >= 4 is 22.4 Å². The number of fused-ring (bicyclic) bond motifs is 2. The molecule has 0 aliphatic heterocycles. The molecule has 4 rings (SSSR count). The Morgan fingerprint density at radius 3 is 2.79 bits per heavy atom. The van der Waals surface area contributed by atoms with Crippen LogP contribution in [0.25, 0.3) is 22.2 Å². The summed E-state index contributed by atoms with van der Waals surface area (Å²) in [4.78, 5) is 17.2.